The molecule has 1 atom stereocenters. The van der Waals surface area contributed by atoms with Crippen LogP contribution in [0.4, 0.5) is 0 Å². The topological polar surface area (TPSA) is 60.0 Å². The van der Waals surface area contributed by atoms with E-state index >= 15 is 0 Å². The van der Waals surface area contributed by atoms with Crippen LogP contribution in [0.1, 0.15) is 19.8 Å². The predicted octanol–water partition coefficient (Wildman–Crippen LogP) is 1.84. The second-order valence-corrected chi connectivity index (χ2v) is 4.81. The molecule has 0 amide bonds. The van der Waals surface area contributed by atoms with E-state index in [9.17, 15) is 5.11 Å². The molecule has 1 aromatic rings. The number of hydrogen-bond acceptors (Lipinski definition) is 5. The van der Waals surface area contributed by atoms with Crippen molar-refractivity contribution < 1.29 is 19.3 Å². The third-order valence-electron chi connectivity index (χ3n) is 2.87. The van der Waals surface area contributed by atoms with Gasteiger partial charge in [-0.3, -0.25) is 0 Å². The minimum Gasteiger partial charge on any atom is -0.497 e. The quantitative estimate of drug-likeness (QED) is 0.577. The summed E-state index contributed by atoms with van der Waals surface area (Å²) in [6.45, 7) is 5.30. The van der Waals surface area contributed by atoms with E-state index in [0.717, 1.165) is 44.1 Å². The zero-order valence-electron chi connectivity index (χ0n) is 13.0. The lowest BCUT2D eigenvalue weighted by Gasteiger charge is -2.13. The molecule has 0 heterocycles. The van der Waals surface area contributed by atoms with Gasteiger partial charge in [0, 0.05) is 19.8 Å². The lowest BCUT2D eigenvalue weighted by molar-refractivity contribution is 0.103. The zero-order chi connectivity index (χ0) is 15.3. The van der Waals surface area contributed by atoms with E-state index in [1.807, 2.05) is 24.3 Å². The molecule has 120 valence electrons. The van der Waals surface area contributed by atoms with E-state index in [1.165, 1.54) is 0 Å². The molecule has 1 rings (SSSR count). The van der Waals surface area contributed by atoms with Crippen LogP contribution in [0.5, 0.6) is 11.5 Å². The van der Waals surface area contributed by atoms with Gasteiger partial charge in [0.15, 0.2) is 0 Å². The van der Waals surface area contributed by atoms with Crippen LogP contribution in [-0.4, -0.2) is 51.2 Å². The average Bonchev–Trinajstić information content (AvgIpc) is 2.52. The molecule has 0 bridgehead atoms. The molecule has 0 saturated carbocycles. The van der Waals surface area contributed by atoms with Crippen molar-refractivity contribution >= 4 is 0 Å². The second-order valence-electron chi connectivity index (χ2n) is 4.81. The maximum Gasteiger partial charge on any atom is 0.119 e. The molecule has 5 heteroatoms. The Morgan fingerprint density at radius 2 is 1.86 bits per heavy atom. The monoisotopic (exact) mass is 297 g/mol. The van der Waals surface area contributed by atoms with E-state index in [0.29, 0.717) is 6.54 Å². The highest BCUT2D eigenvalue weighted by Crippen LogP contribution is 2.16. The molecule has 0 aliphatic heterocycles. The van der Waals surface area contributed by atoms with E-state index in [4.69, 9.17) is 14.2 Å². The Bertz CT molecular complexity index is 356. The van der Waals surface area contributed by atoms with Gasteiger partial charge in [0.25, 0.3) is 0 Å². The van der Waals surface area contributed by atoms with Crippen LogP contribution in [0.3, 0.4) is 0 Å². The van der Waals surface area contributed by atoms with Crippen molar-refractivity contribution in [2.45, 2.75) is 25.9 Å². The number of ether oxygens (including phenoxy) is 3. The Balaban J connectivity index is 2.03. The van der Waals surface area contributed by atoms with Crippen LogP contribution in [0, 0.1) is 0 Å². The summed E-state index contributed by atoms with van der Waals surface area (Å²) < 4.78 is 16.0. The van der Waals surface area contributed by atoms with Gasteiger partial charge in [0.1, 0.15) is 24.2 Å². The number of aliphatic hydroxyl groups excluding tert-OH is 1. The van der Waals surface area contributed by atoms with Gasteiger partial charge in [0.2, 0.25) is 0 Å². The Morgan fingerprint density at radius 1 is 1.14 bits per heavy atom. The molecule has 0 aromatic heterocycles. The van der Waals surface area contributed by atoms with Crippen LogP contribution >= 0.6 is 0 Å². The van der Waals surface area contributed by atoms with Gasteiger partial charge in [-0.05, 0) is 43.7 Å². The van der Waals surface area contributed by atoms with E-state index in [2.05, 4.69) is 12.2 Å². The fraction of sp³-hybridized carbons (Fsp3) is 0.625. The van der Waals surface area contributed by atoms with E-state index in [1.54, 1.807) is 7.11 Å². The molecular weight excluding hydrogens is 270 g/mol. The molecule has 0 radical (unpaired) electrons. The lowest BCUT2D eigenvalue weighted by Crippen LogP contribution is -2.32. The summed E-state index contributed by atoms with van der Waals surface area (Å²) >= 11 is 0. The Labute approximate surface area is 127 Å². The van der Waals surface area contributed by atoms with Crippen molar-refractivity contribution in [1.82, 2.24) is 5.32 Å². The van der Waals surface area contributed by atoms with Crippen LogP contribution in [0.25, 0.3) is 0 Å². The molecule has 0 spiro atoms. The number of hydrogen-bond donors (Lipinski definition) is 2. The van der Waals surface area contributed by atoms with Crippen LogP contribution < -0.4 is 14.8 Å². The van der Waals surface area contributed by atoms with Gasteiger partial charge < -0.3 is 24.6 Å². The Morgan fingerprint density at radius 3 is 2.52 bits per heavy atom. The Hall–Kier alpha value is -1.30. The molecule has 0 fully saturated rings. The van der Waals surface area contributed by atoms with Crippen LogP contribution in [0.15, 0.2) is 24.3 Å². The summed E-state index contributed by atoms with van der Waals surface area (Å²) in [5.41, 5.74) is 0. The summed E-state index contributed by atoms with van der Waals surface area (Å²) in [4.78, 5) is 0. The van der Waals surface area contributed by atoms with E-state index in [-0.39, 0.29) is 6.61 Å². The first-order valence-electron chi connectivity index (χ1n) is 7.49. The molecule has 1 unspecified atom stereocenters. The molecular formula is C16H27NO4. The average molecular weight is 297 g/mol. The molecule has 0 saturated heterocycles. The maximum absolute atomic E-state index is 9.81. The van der Waals surface area contributed by atoms with Gasteiger partial charge in [0.05, 0.1) is 7.11 Å². The van der Waals surface area contributed by atoms with E-state index < -0.39 is 6.10 Å². The molecule has 5 nitrogen and oxygen atoms in total. The van der Waals surface area contributed by atoms with Crippen molar-refractivity contribution in [2.24, 2.45) is 0 Å². The fourth-order valence-corrected chi connectivity index (χ4v) is 1.74. The Kier molecular flexibility index (Phi) is 9.61. The van der Waals surface area contributed by atoms with Crippen LogP contribution in [0.2, 0.25) is 0 Å². The SMILES string of the molecule is CCCOCCCNCC(O)COc1ccc(OC)cc1. The van der Waals surface area contributed by atoms with Gasteiger partial charge in [-0.25, -0.2) is 0 Å². The van der Waals surface area contributed by atoms with Crippen molar-refractivity contribution in [3.8, 4) is 11.5 Å². The predicted molar refractivity (Wildman–Crippen MR) is 83.1 cm³/mol. The maximum atomic E-state index is 9.81. The smallest absolute Gasteiger partial charge is 0.119 e. The van der Waals surface area contributed by atoms with Crippen molar-refractivity contribution in [2.75, 3.05) is 40.0 Å². The first kappa shape index (κ1) is 17.8. The molecule has 0 aliphatic rings. The summed E-state index contributed by atoms with van der Waals surface area (Å²) in [6, 6.07) is 7.31. The molecule has 0 aliphatic carbocycles. The van der Waals surface area contributed by atoms with Gasteiger partial charge in [-0.1, -0.05) is 6.92 Å². The molecule has 2 N–H and O–H groups in total. The van der Waals surface area contributed by atoms with Crippen molar-refractivity contribution in [3.63, 3.8) is 0 Å². The summed E-state index contributed by atoms with van der Waals surface area (Å²) in [5, 5.41) is 13.0. The normalized spacial score (nSPS) is 12.1. The second kappa shape index (κ2) is 11.4. The highest BCUT2D eigenvalue weighted by molar-refractivity contribution is 5.31. The number of nitrogens with one attached hydrogen (secondary N) is 1. The standard InChI is InChI=1S/C16H27NO4/c1-3-10-20-11-4-9-17-12-14(18)13-21-16-7-5-15(19-2)6-8-16/h5-8,14,17-18H,3-4,9-13H2,1-2H3. The van der Waals surface area contributed by atoms with Crippen LogP contribution in [-0.2, 0) is 4.74 Å². The fourth-order valence-electron chi connectivity index (χ4n) is 1.74. The van der Waals surface area contributed by atoms with Crippen molar-refractivity contribution in [3.05, 3.63) is 24.3 Å². The number of benzene rings is 1. The third kappa shape index (κ3) is 8.55. The molecule has 21 heavy (non-hydrogen) atoms. The third-order valence-corrected chi connectivity index (χ3v) is 2.87. The highest BCUT2D eigenvalue weighted by Gasteiger charge is 2.04. The van der Waals surface area contributed by atoms with Gasteiger partial charge in [-0.15, -0.1) is 0 Å². The highest BCUT2D eigenvalue weighted by atomic mass is 16.5. The zero-order valence-corrected chi connectivity index (χ0v) is 13.0. The lowest BCUT2D eigenvalue weighted by atomic mass is 10.3. The minimum absolute atomic E-state index is 0.270. The van der Waals surface area contributed by atoms with Gasteiger partial charge in [-0.2, -0.15) is 0 Å². The largest absolute Gasteiger partial charge is 0.497 e. The van der Waals surface area contributed by atoms with Crippen molar-refractivity contribution in [1.29, 1.82) is 0 Å². The first-order valence-corrected chi connectivity index (χ1v) is 7.49. The molecule has 1 aromatic carbocycles. The number of rotatable bonds is 12. The summed E-state index contributed by atoms with van der Waals surface area (Å²) in [5.74, 6) is 1.51. The summed E-state index contributed by atoms with van der Waals surface area (Å²) in [7, 11) is 1.62. The summed E-state index contributed by atoms with van der Waals surface area (Å²) in [6.07, 6.45) is 1.48. The number of aliphatic hydroxyl groups is 1. The van der Waals surface area contributed by atoms with Gasteiger partial charge >= 0.3 is 0 Å². The first-order chi connectivity index (χ1) is 10.3. The minimum atomic E-state index is -0.524. The number of methoxy groups -OCH3 is 1.